The van der Waals surface area contributed by atoms with Crippen molar-refractivity contribution < 1.29 is 27.8 Å². The number of carbonyl (C=O) groups is 1. The predicted molar refractivity (Wildman–Crippen MR) is 95.8 cm³/mol. The lowest BCUT2D eigenvalue weighted by Crippen LogP contribution is -2.11. The second-order valence-electron chi connectivity index (χ2n) is 6.04. The van der Waals surface area contributed by atoms with Gasteiger partial charge in [0.25, 0.3) is 0 Å². The van der Waals surface area contributed by atoms with E-state index in [4.69, 9.17) is 9.84 Å². The molecule has 0 amide bonds. The molecule has 8 heteroatoms. The average molecular weight is 388 g/mol. The fourth-order valence-corrected chi connectivity index (χ4v) is 2.52. The molecule has 1 N–H and O–H groups in total. The lowest BCUT2D eigenvalue weighted by molar-refractivity contribution is -0.139. The van der Waals surface area contributed by atoms with Gasteiger partial charge in [0.1, 0.15) is 0 Å². The van der Waals surface area contributed by atoms with E-state index in [2.05, 4.69) is 9.97 Å². The maximum atomic E-state index is 12.8. The van der Waals surface area contributed by atoms with Gasteiger partial charge < -0.3 is 9.84 Å². The van der Waals surface area contributed by atoms with Gasteiger partial charge in [-0.3, -0.25) is 0 Å². The van der Waals surface area contributed by atoms with Crippen LogP contribution in [0.1, 0.15) is 11.1 Å². The third kappa shape index (κ3) is 4.64. The number of aliphatic carboxylic acids is 1. The molecule has 0 bridgehead atoms. The Bertz CT molecular complexity index is 1000. The summed E-state index contributed by atoms with van der Waals surface area (Å²) in [6.45, 7) is 1.31. The van der Waals surface area contributed by atoms with Crippen LogP contribution in [-0.2, 0) is 11.0 Å². The smallest absolute Gasteiger partial charge is 0.416 e. The van der Waals surface area contributed by atoms with Crippen LogP contribution in [0.2, 0.25) is 0 Å². The van der Waals surface area contributed by atoms with E-state index in [0.29, 0.717) is 11.3 Å². The van der Waals surface area contributed by atoms with E-state index in [0.717, 1.165) is 23.3 Å². The topological polar surface area (TPSA) is 72.3 Å². The van der Waals surface area contributed by atoms with Gasteiger partial charge in [-0.15, -0.1) is 0 Å². The van der Waals surface area contributed by atoms with Crippen LogP contribution in [0, 0.1) is 6.92 Å². The summed E-state index contributed by atoms with van der Waals surface area (Å²) in [5.74, 6) is -1.02. The molecular formula is C20H15F3N2O3. The second-order valence-corrected chi connectivity index (χ2v) is 6.04. The van der Waals surface area contributed by atoms with Crippen LogP contribution in [0.15, 0.2) is 54.6 Å². The number of ether oxygens (including phenoxy) is 1. The standard InChI is InChI=1S/C20H15F3N2O3/c1-12-3-2-4-14(9-12)16-10-17(28-11-18(26)27)25-19(24-16)13-5-7-15(8-6-13)20(21,22)23/h2-10H,11H2,1H3,(H,26,27). The molecule has 0 aliphatic rings. The van der Waals surface area contributed by atoms with Crippen molar-refractivity contribution in [3.05, 3.63) is 65.7 Å². The number of hydrogen-bond acceptors (Lipinski definition) is 4. The van der Waals surface area contributed by atoms with Gasteiger partial charge in [-0.25, -0.2) is 9.78 Å². The molecule has 0 aliphatic carbocycles. The number of rotatable bonds is 5. The Morgan fingerprint density at radius 2 is 1.75 bits per heavy atom. The van der Waals surface area contributed by atoms with Crippen molar-refractivity contribution in [1.82, 2.24) is 9.97 Å². The third-order valence-corrected chi connectivity index (χ3v) is 3.83. The Kier molecular flexibility index (Phi) is 5.30. The van der Waals surface area contributed by atoms with Gasteiger partial charge in [-0.05, 0) is 25.1 Å². The number of nitrogens with zero attached hydrogens (tertiary/aromatic N) is 2. The first kappa shape index (κ1) is 19.3. The fraction of sp³-hybridized carbons (Fsp3) is 0.150. The van der Waals surface area contributed by atoms with Crippen LogP contribution in [0.4, 0.5) is 13.2 Å². The molecule has 0 unspecified atom stereocenters. The lowest BCUT2D eigenvalue weighted by atomic mass is 10.1. The minimum absolute atomic E-state index is 0.0174. The zero-order valence-corrected chi connectivity index (χ0v) is 14.7. The number of benzene rings is 2. The van der Waals surface area contributed by atoms with E-state index >= 15 is 0 Å². The zero-order valence-electron chi connectivity index (χ0n) is 14.7. The Morgan fingerprint density at radius 1 is 1.04 bits per heavy atom. The number of alkyl halides is 3. The van der Waals surface area contributed by atoms with Crippen LogP contribution in [0.3, 0.4) is 0 Å². The lowest BCUT2D eigenvalue weighted by Gasteiger charge is -2.10. The van der Waals surface area contributed by atoms with Crippen molar-refractivity contribution >= 4 is 5.97 Å². The number of carboxylic acid groups (broad SMARTS) is 1. The van der Waals surface area contributed by atoms with E-state index in [1.165, 1.54) is 18.2 Å². The normalized spacial score (nSPS) is 11.3. The van der Waals surface area contributed by atoms with Crippen LogP contribution >= 0.6 is 0 Å². The quantitative estimate of drug-likeness (QED) is 0.692. The first-order valence-corrected chi connectivity index (χ1v) is 8.21. The number of halogens is 3. The van der Waals surface area contributed by atoms with Gasteiger partial charge in [0.05, 0.1) is 11.3 Å². The molecule has 0 saturated heterocycles. The summed E-state index contributed by atoms with van der Waals surface area (Å²) >= 11 is 0. The fourth-order valence-electron chi connectivity index (χ4n) is 2.52. The van der Waals surface area contributed by atoms with E-state index in [1.807, 2.05) is 31.2 Å². The van der Waals surface area contributed by atoms with E-state index in [-0.39, 0.29) is 11.7 Å². The van der Waals surface area contributed by atoms with Gasteiger partial charge in [0.2, 0.25) is 5.88 Å². The molecular weight excluding hydrogens is 373 g/mol. The summed E-state index contributed by atoms with van der Waals surface area (Å²) in [7, 11) is 0. The molecule has 5 nitrogen and oxygen atoms in total. The molecule has 1 heterocycles. The first-order valence-electron chi connectivity index (χ1n) is 8.21. The van der Waals surface area contributed by atoms with Crippen molar-refractivity contribution in [2.45, 2.75) is 13.1 Å². The minimum atomic E-state index is -4.45. The highest BCUT2D eigenvalue weighted by Crippen LogP contribution is 2.31. The molecule has 0 spiro atoms. The number of aryl methyl sites for hydroxylation is 1. The molecule has 2 aromatic carbocycles. The van der Waals surface area contributed by atoms with Crippen LogP contribution in [-0.4, -0.2) is 27.7 Å². The summed E-state index contributed by atoms with van der Waals surface area (Å²) in [4.78, 5) is 19.3. The highest BCUT2D eigenvalue weighted by Gasteiger charge is 2.30. The van der Waals surface area contributed by atoms with Crippen molar-refractivity contribution in [2.24, 2.45) is 0 Å². The van der Waals surface area contributed by atoms with Crippen molar-refractivity contribution in [3.8, 4) is 28.5 Å². The maximum Gasteiger partial charge on any atom is 0.416 e. The summed E-state index contributed by atoms with van der Waals surface area (Å²) in [5.41, 5.74) is 1.76. The van der Waals surface area contributed by atoms with Crippen molar-refractivity contribution in [1.29, 1.82) is 0 Å². The van der Waals surface area contributed by atoms with Crippen LogP contribution in [0.5, 0.6) is 5.88 Å². The van der Waals surface area contributed by atoms with Crippen LogP contribution < -0.4 is 4.74 Å². The van der Waals surface area contributed by atoms with Gasteiger partial charge >= 0.3 is 12.1 Å². The molecule has 0 aliphatic heterocycles. The third-order valence-electron chi connectivity index (χ3n) is 3.83. The molecule has 0 atom stereocenters. The molecule has 0 saturated carbocycles. The highest BCUT2D eigenvalue weighted by atomic mass is 19.4. The monoisotopic (exact) mass is 388 g/mol. The first-order chi connectivity index (χ1) is 13.2. The number of aromatic nitrogens is 2. The average Bonchev–Trinajstić information content (AvgIpc) is 2.65. The van der Waals surface area contributed by atoms with Gasteiger partial charge in [0, 0.05) is 17.2 Å². The summed E-state index contributed by atoms with van der Waals surface area (Å²) in [6.07, 6.45) is -4.45. The Hall–Kier alpha value is -3.42. The molecule has 0 radical (unpaired) electrons. The van der Waals surface area contributed by atoms with E-state index < -0.39 is 24.3 Å². The second kappa shape index (κ2) is 7.67. The maximum absolute atomic E-state index is 12.8. The summed E-state index contributed by atoms with van der Waals surface area (Å²) < 4.78 is 43.5. The molecule has 1 aromatic heterocycles. The van der Waals surface area contributed by atoms with Gasteiger partial charge in [0.15, 0.2) is 12.4 Å². The van der Waals surface area contributed by atoms with Crippen LogP contribution in [0.25, 0.3) is 22.6 Å². The van der Waals surface area contributed by atoms with Crippen molar-refractivity contribution in [3.63, 3.8) is 0 Å². The Labute approximate surface area is 158 Å². The Balaban J connectivity index is 2.05. The van der Waals surface area contributed by atoms with E-state index in [9.17, 15) is 18.0 Å². The molecule has 28 heavy (non-hydrogen) atoms. The number of carboxylic acids is 1. The summed E-state index contributed by atoms with van der Waals surface area (Å²) in [5, 5.41) is 8.82. The number of hydrogen-bond donors (Lipinski definition) is 1. The minimum Gasteiger partial charge on any atom is -0.479 e. The van der Waals surface area contributed by atoms with Crippen molar-refractivity contribution in [2.75, 3.05) is 6.61 Å². The molecule has 3 rings (SSSR count). The summed E-state index contributed by atoms with van der Waals surface area (Å²) in [6, 6.07) is 13.3. The molecule has 3 aromatic rings. The van der Waals surface area contributed by atoms with Gasteiger partial charge in [-0.1, -0.05) is 35.9 Å². The predicted octanol–water partition coefficient (Wildman–Crippen LogP) is 4.60. The molecule has 144 valence electrons. The molecule has 0 fully saturated rings. The SMILES string of the molecule is Cc1cccc(-c2cc(OCC(=O)O)nc(-c3ccc(C(F)(F)F)cc3)n2)c1. The van der Waals surface area contributed by atoms with Gasteiger partial charge in [-0.2, -0.15) is 18.2 Å². The zero-order chi connectivity index (χ0) is 20.3. The highest BCUT2D eigenvalue weighted by molar-refractivity contribution is 5.69. The largest absolute Gasteiger partial charge is 0.479 e. The Morgan fingerprint density at radius 3 is 2.36 bits per heavy atom. The van der Waals surface area contributed by atoms with E-state index in [1.54, 1.807) is 0 Å².